The maximum absolute atomic E-state index is 12.6. The number of carbonyl (C=O) groups is 2. The highest BCUT2D eigenvalue weighted by Crippen LogP contribution is 2.22. The average Bonchev–Trinajstić information content (AvgIpc) is 2.57. The third-order valence-corrected chi connectivity index (χ3v) is 4.18. The molecule has 2 rings (SSSR count). The lowest BCUT2D eigenvalue weighted by atomic mass is 10.0. The Kier molecular flexibility index (Phi) is 6.50. The van der Waals surface area contributed by atoms with Gasteiger partial charge in [0.1, 0.15) is 5.69 Å². The predicted molar refractivity (Wildman–Crippen MR) is 105 cm³/mol. The molecular weight excluding hydrogens is 326 g/mol. The van der Waals surface area contributed by atoms with Crippen molar-refractivity contribution in [3.8, 4) is 0 Å². The molecule has 5 heteroatoms. The number of hydrogen-bond donors (Lipinski definition) is 2. The number of aryl methyl sites for hydroxylation is 3. The van der Waals surface area contributed by atoms with E-state index in [0.29, 0.717) is 18.0 Å². The molecule has 2 amide bonds. The van der Waals surface area contributed by atoms with Gasteiger partial charge in [-0.3, -0.25) is 14.6 Å². The standard InChI is InChI=1S/C21H27N3O2/c1-13(2)6-8-23-20(25)17-7-9-22-18(12-17)21(26)24-19-15(4)10-14(3)11-16(19)5/h7,9-13H,6,8H2,1-5H3,(H,23,25)(H,24,26). The fourth-order valence-electron chi connectivity index (χ4n) is 2.83. The summed E-state index contributed by atoms with van der Waals surface area (Å²) < 4.78 is 0. The van der Waals surface area contributed by atoms with E-state index in [9.17, 15) is 9.59 Å². The van der Waals surface area contributed by atoms with Crippen LogP contribution in [0.5, 0.6) is 0 Å². The lowest BCUT2D eigenvalue weighted by molar-refractivity contribution is 0.0952. The molecular formula is C21H27N3O2. The number of hydrogen-bond acceptors (Lipinski definition) is 3. The van der Waals surface area contributed by atoms with Gasteiger partial charge in [0.15, 0.2) is 0 Å². The number of aromatic nitrogens is 1. The van der Waals surface area contributed by atoms with Gasteiger partial charge in [0.05, 0.1) is 0 Å². The molecule has 1 aromatic heterocycles. The summed E-state index contributed by atoms with van der Waals surface area (Å²) in [6.45, 7) is 10.8. The van der Waals surface area contributed by atoms with E-state index in [4.69, 9.17) is 0 Å². The molecule has 0 saturated carbocycles. The summed E-state index contributed by atoms with van der Waals surface area (Å²) >= 11 is 0. The minimum absolute atomic E-state index is 0.190. The Morgan fingerprint density at radius 2 is 1.69 bits per heavy atom. The van der Waals surface area contributed by atoms with Crippen molar-refractivity contribution in [2.45, 2.75) is 41.0 Å². The molecule has 0 aliphatic heterocycles. The van der Waals surface area contributed by atoms with E-state index in [0.717, 1.165) is 28.8 Å². The molecule has 0 saturated heterocycles. The van der Waals surface area contributed by atoms with Crippen LogP contribution in [0.3, 0.4) is 0 Å². The number of anilines is 1. The molecule has 0 aliphatic carbocycles. The van der Waals surface area contributed by atoms with Gasteiger partial charge in [-0.15, -0.1) is 0 Å². The Morgan fingerprint density at radius 3 is 2.31 bits per heavy atom. The van der Waals surface area contributed by atoms with Crippen LogP contribution in [0, 0.1) is 26.7 Å². The van der Waals surface area contributed by atoms with Crippen LogP contribution >= 0.6 is 0 Å². The number of nitrogens with zero attached hydrogens (tertiary/aromatic N) is 1. The van der Waals surface area contributed by atoms with E-state index in [2.05, 4.69) is 29.5 Å². The van der Waals surface area contributed by atoms with Gasteiger partial charge in [0.25, 0.3) is 11.8 Å². The summed E-state index contributed by atoms with van der Waals surface area (Å²) in [6.07, 6.45) is 2.40. The summed E-state index contributed by atoms with van der Waals surface area (Å²) in [7, 11) is 0. The molecule has 0 bridgehead atoms. The molecule has 0 spiro atoms. The molecule has 0 fully saturated rings. The monoisotopic (exact) mass is 353 g/mol. The Labute approximate surface area is 155 Å². The first-order valence-corrected chi connectivity index (χ1v) is 8.91. The highest BCUT2D eigenvalue weighted by molar-refractivity contribution is 6.05. The number of benzene rings is 1. The van der Waals surface area contributed by atoms with E-state index in [1.807, 2.05) is 32.9 Å². The third-order valence-electron chi connectivity index (χ3n) is 4.18. The summed E-state index contributed by atoms with van der Waals surface area (Å²) in [6, 6.07) is 7.19. The van der Waals surface area contributed by atoms with Crippen LogP contribution < -0.4 is 10.6 Å². The van der Waals surface area contributed by atoms with Gasteiger partial charge in [-0.2, -0.15) is 0 Å². The van der Waals surface area contributed by atoms with E-state index in [1.165, 1.54) is 12.3 Å². The van der Waals surface area contributed by atoms with Crippen LogP contribution in [0.1, 0.15) is 57.8 Å². The second kappa shape index (κ2) is 8.61. The van der Waals surface area contributed by atoms with Crippen LogP contribution in [0.25, 0.3) is 0 Å². The Balaban J connectivity index is 2.12. The molecule has 0 radical (unpaired) electrons. The molecule has 1 heterocycles. The Hall–Kier alpha value is -2.69. The molecule has 0 aliphatic rings. The van der Waals surface area contributed by atoms with E-state index in [-0.39, 0.29) is 17.5 Å². The zero-order valence-corrected chi connectivity index (χ0v) is 16.1. The second-order valence-electron chi connectivity index (χ2n) is 7.10. The number of carbonyl (C=O) groups excluding carboxylic acids is 2. The van der Waals surface area contributed by atoms with Crippen LogP contribution in [0.4, 0.5) is 5.69 Å². The van der Waals surface area contributed by atoms with Gasteiger partial charge < -0.3 is 10.6 Å². The van der Waals surface area contributed by atoms with Crippen LogP contribution in [-0.4, -0.2) is 23.3 Å². The Morgan fingerprint density at radius 1 is 1.04 bits per heavy atom. The smallest absolute Gasteiger partial charge is 0.274 e. The first-order chi connectivity index (χ1) is 12.3. The fraction of sp³-hybridized carbons (Fsp3) is 0.381. The molecule has 138 valence electrons. The molecule has 2 aromatic rings. The van der Waals surface area contributed by atoms with Crippen molar-refractivity contribution >= 4 is 17.5 Å². The molecule has 0 atom stereocenters. The van der Waals surface area contributed by atoms with E-state index < -0.39 is 0 Å². The zero-order chi connectivity index (χ0) is 19.3. The maximum atomic E-state index is 12.6. The largest absolute Gasteiger partial charge is 0.352 e. The summed E-state index contributed by atoms with van der Waals surface area (Å²) in [4.78, 5) is 28.9. The minimum atomic E-state index is -0.322. The van der Waals surface area contributed by atoms with Crippen LogP contribution in [0.2, 0.25) is 0 Å². The van der Waals surface area contributed by atoms with Crippen molar-refractivity contribution in [1.82, 2.24) is 10.3 Å². The molecule has 2 N–H and O–H groups in total. The zero-order valence-electron chi connectivity index (χ0n) is 16.1. The van der Waals surface area contributed by atoms with Gasteiger partial charge in [0, 0.05) is 24.0 Å². The van der Waals surface area contributed by atoms with Crippen molar-refractivity contribution in [2.75, 3.05) is 11.9 Å². The second-order valence-corrected chi connectivity index (χ2v) is 7.10. The summed E-state index contributed by atoms with van der Waals surface area (Å²) in [5.41, 5.74) is 4.59. The highest BCUT2D eigenvalue weighted by atomic mass is 16.2. The van der Waals surface area contributed by atoms with E-state index in [1.54, 1.807) is 6.07 Å². The molecule has 5 nitrogen and oxygen atoms in total. The molecule has 1 aromatic carbocycles. The first-order valence-electron chi connectivity index (χ1n) is 8.91. The van der Waals surface area contributed by atoms with Gasteiger partial charge >= 0.3 is 0 Å². The summed E-state index contributed by atoms with van der Waals surface area (Å²) in [5, 5.41) is 5.79. The van der Waals surface area contributed by atoms with Crippen LogP contribution in [0.15, 0.2) is 30.5 Å². The van der Waals surface area contributed by atoms with Gasteiger partial charge in [0.2, 0.25) is 0 Å². The minimum Gasteiger partial charge on any atom is -0.352 e. The Bertz CT molecular complexity index is 790. The molecule has 0 unspecified atom stereocenters. The normalized spacial score (nSPS) is 10.7. The van der Waals surface area contributed by atoms with E-state index >= 15 is 0 Å². The van der Waals surface area contributed by atoms with Gasteiger partial charge in [-0.05, 0) is 56.4 Å². The van der Waals surface area contributed by atoms with Crippen molar-refractivity contribution in [3.05, 3.63) is 58.4 Å². The lowest BCUT2D eigenvalue weighted by Crippen LogP contribution is -2.26. The number of nitrogens with one attached hydrogen (secondary N) is 2. The van der Waals surface area contributed by atoms with Crippen molar-refractivity contribution in [3.63, 3.8) is 0 Å². The molecule has 26 heavy (non-hydrogen) atoms. The SMILES string of the molecule is Cc1cc(C)c(NC(=O)c2cc(C(=O)NCCC(C)C)ccn2)c(C)c1. The topological polar surface area (TPSA) is 71.1 Å². The van der Waals surface area contributed by atoms with Crippen molar-refractivity contribution in [2.24, 2.45) is 5.92 Å². The van der Waals surface area contributed by atoms with Crippen molar-refractivity contribution < 1.29 is 9.59 Å². The third kappa shape index (κ3) is 5.15. The van der Waals surface area contributed by atoms with Gasteiger partial charge in [-0.1, -0.05) is 31.5 Å². The number of rotatable bonds is 6. The predicted octanol–water partition coefficient (Wildman–Crippen LogP) is 4.04. The number of amides is 2. The maximum Gasteiger partial charge on any atom is 0.274 e. The fourth-order valence-corrected chi connectivity index (χ4v) is 2.83. The van der Waals surface area contributed by atoms with Crippen LogP contribution in [-0.2, 0) is 0 Å². The first kappa shape index (κ1) is 19.6. The average molecular weight is 353 g/mol. The summed E-state index contributed by atoms with van der Waals surface area (Å²) in [5.74, 6) is 0.0109. The lowest BCUT2D eigenvalue weighted by Gasteiger charge is -2.13. The van der Waals surface area contributed by atoms with Crippen molar-refractivity contribution in [1.29, 1.82) is 0 Å². The number of pyridine rings is 1. The van der Waals surface area contributed by atoms with Gasteiger partial charge in [-0.25, -0.2) is 0 Å². The highest BCUT2D eigenvalue weighted by Gasteiger charge is 2.14. The quantitative estimate of drug-likeness (QED) is 0.823.